The van der Waals surface area contributed by atoms with Gasteiger partial charge in [0.1, 0.15) is 0 Å². The minimum atomic E-state index is -0.781. The fourth-order valence-corrected chi connectivity index (χ4v) is 2.02. The van der Waals surface area contributed by atoms with Crippen molar-refractivity contribution in [2.75, 3.05) is 19.6 Å². The average molecular weight is 262 g/mol. The number of likely N-dealkylation sites (tertiary alicyclic amines) is 1. The average Bonchev–Trinajstić information content (AvgIpc) is 2.32. The maximum absolute atomic E-state index is 11.7. The summed E-state index contributed by atoms with van der Waals surface area (Å²) in [6.07, 6.45) is 0. The largest absolute Gasteiger partial charge is 0.481 e. The molecule has 1 aliphatic heterocycles. The Hall–Kier alpha value is -1.88. The Morgan fingerprint density at radius 2 is 1.95 bits per heavy atom. The number of aryl methyl sites for hydroxylation is 1. The maximum Gasteiger partial charge on any atom is 0.309 e. The van der Waals surface area contributed by atoms with Gasteiger partial charge in [0.25, 0.3) is 0 Å². The second-order valence-corrected chi connectivity index (χ2v) is 4.99. The summed E-state index contributed by atoms with van der Waals surface area (Å²) in [5.41, 5.74) is 2.25. The topological polar surface area (TPSA) is 69.6 Å². The van der Waals surface area contributed by atoms with Crippen LogP contribution in [0.15, 0.2) is 24.3 Å². The van der Waals surface area contributed by atoms with Crippen LogP contribution in [0.2, 0.25) is 0 Å². The Balaban J connectivity index is 1.68. The molecule has 5 nitrogen and oxygen atoms in total. The molecule has 0 unspecified atom stereocenters. The Kier molecular flexibility index (Phi) is 4.16. The van der Waals surface area contributed by atoms with E-state index >= 15 is 0 Å². The highest BCUT2D eigenvalue weighted by molar-refractivity contribution is 5.79. The molecule has 1 fully saturated rings. The molecule has 0 radical (unpaired) electrons. The van der Waals surface area contributed by atoms with Crippen LogP contribution in [0.25, 0.3) is 0 Å². The van der Waals surface area contributed by atoms with Crippen LogP contribution in [0.3, 0.4) is 0 Å². The maximum atomic E-state index is 11.7. The minimum absolute atomic E-state index is 0.0654. The SMILES string of the molecule is Cc1ccc(CNC(=O)CN2CC(C(=O)O)C2)cc1. The standard InChI is InChI=1S/C14H18N2O3/c1-10-2-4-11(5-3-10)6-15-13(17)9-16-7-12(8-16)14(18)19/h2-5,12H,6-9H2,1H3,(H,15,17)(H,18,19). The molecule has 2 rings (SSSR count). The van der Waals surface area contributed by atoms with Crippen LogP contribution in [-0.4, -0.2) is 41.5 Å². The van der Waals surface area contributed by atoms with E-state index in [0.29, 0.717) is 19.6 Å². The van der Waals surface area contributed by atoms with Crippen LogP contribution in [0.4, 0.5) is 0 Å². The first-order valence-electron chi connectivity index (χ1n) is 6.32. The van der Waals surface area contributed by atoms with Crippen LogP contribution in [0.5, 0.6) is 0 Å². The number of carboxylic acid groups (broad SMARTS) is 1. The molecular weight excluding hydrogens is 244 g/mol. The zero-order valence-corrected chi connectivity index (χ0v) is 10.9. The number of nitrogens with one attached hydrogen (secondary N) is 1. The molecule has 5 heteroatoms. The summed E-state index contributed by atoms with van der Waals surface area (Å²) in [4.78, 5) is 24.1. The molecule has 102 valence electrons. The molecule has 1 aromatic carbocycles. The lowest BCUT2D eigenvalue weighted by atomic mass is 10.0. The molecule has 1 heterocycles. The van der Waals surface area contributed by atoms with Gasteiger partial charge in [-0.2, -0.15) is 0 Å². The summed E-state index contributed by atoms with van der Waals surface area (Å²) < 4.78 is 0. The summed E-state index contributed by atoms with van der Waals surface area (Å²) in [5.74, 6) is -1.16. The normalized spacial score (nSPS) is 15.8. The van der Waals surface area contributed by atoms with E-state index < -0.39 is 5.97 Å². The lowest BCUT2D eigenvalue weighted by molar-refractivity contribution is -0.148. The van der Waals surface area contributed by atoms with Gasteiger partial charge < -0.3 is 10.4 Å². The van der Waals surface area contributed by atoms with Crippen molar-refractivity contribution in [3.8, 4) is 0 Å². The molecule has 0 bridgehead atoms. The summed E-state index contributed by atoms with van der Waals surface area (Å²) in [5, 5.41) is 11.6. The monoisotopic (exact) mass is 262 g/mol. The lowest BCUT2D eigenvalue weighted by Crippen LogP contribution is -2.53. The molecule has 1 aliphatic rings. The predicted molar refractivity (Wildman–Crippen MR) is 70.6 cm³/mol. The molecule has 0 spiro atoms. The molecule has 1 amide bonds. The summed E-state index contributed by atoms with van der Waals surface area (Å²) in [6, 6.07) is 7.99. The number of hydrogen-bond donors (Lipinski definition) is 2. The number of carbonyl (C=O) groups is 2. The van der Waals surface area contributed by atoms with Crippen molar-refractivity contribution in [2.24, 2.45) is 5.92 Å². The van der Waals surface area contributed by atoms with Crippen molar-refractivity contribution in [3.05, 3.63) is 35.4 Å². The number of carbonyl (C=O) groups excluding carboxylic acids is 1. The van der Waals surface area contributed by atoms with E-state index in [1.165, 1.54) is 5.56 Å². The first kappa shape index (κ1) is 13.5. The summed E-state index contributed by atoms with van der Waals surface area (Å²) in [6.45, 7) is 3.73. The van der Waals surface area contributed by atoms with Crippen molar-refractivity contribution in [1.29, 1.82) is 0 Å². The lowest BCUT2D eigenvalue weighted by Gasteiger charge is -2.35. The van der Waals surface area contributed by atoms with Gasteiger partial charge in [-0.15, -0.1) is 0 Å². The number of amides is 1. The van der Waals surface area contributed by atoms with Crippen molar-refractivity contribution in [2.45, 2.75) is 13.5 Å². The van der Waals surface area contributed by atoms with E-state index in [2.05, 4.69) is 5.32 Å². The number of rotatable bonds is 5. The van der Waals surface area contributed by atoms with Crippen molar-refractivity contribution < 1.29 is 14.7 Å². The Morgan fingerprint density at radius 1 is 1.32 bits per heavy atom. The van der Waals surface area contributed by atoms with Gasteiger partial charge in [0.2, 0.25) is 5.91 Å². The minimum Gasteiger partial charge on any atom is -0.481 e. The summed E-state index contributed by atoms with van der Waals surface area (Å²) >= 11 is 0. The smallest absolute Gasteiger partial charge is 0.309 e. The van der Waals surface area contributed by atoms with E-state index in [0.717, 1.165) is 5.56 Å². The number of aliphatic carboxylic acids is 1. The number of hydrogen-bond acceptors (Lipinski definition) is 3. The van der Waals surface area contributed by atoms with Gasteiger partial charge in [-0.3, -0.25) is 14.5 Å². The Morgan fingerprint density at radius 3 is 2.53 bits per heavy atom. The quantitative estimate of drug-likeness (QED) is 0.816. The molecule has 0 aromatic heterocycles. The van der Waals surface area contributed by atoms with Crippen LogP contribution in [0, 0.1) is 12.8 Å². The van der Waals surface area contributed by atoms with E-state index in [4.69, 9.17) is 5.11 Å². The second-order valence-electron chi connectivity index (χ2n) is 4.99. The first-order chi connectivity index (χ1) is 9.04. The number of carboxylic acids is 1. The van der Waals surface area contributed by atoms with E-state index in [-0.39, 0.29) is 18.4 Å². The van der Waals surface area contributed by atoms with E-state index in [9.17, 15) is 9.59 Å². The number of nitrogens with zero attached hydrogens (tertiary/aromatic N) is 1. The fraction of sp³-hybridized carbons (Fsp3) is 0.429. The van der Waals surface area contributed by atoms with Gasteiger partial charge in [0, 0.05) is 19.6 Å². The number of benzene rings is 1. The zero-order chi connectivity index (χ0) is 13.8. The molecule has 19 heavy (non-hydrogen) atoms. The van der Waals surface area contributed by atoms with E-state index in [1.807, 2.05) is 36.1 Å². The van der Waals surface area contributed by atoms with E-state index in [1.54, 1.807) is 0 Å². The van der Waals surface area contributed by atoms with Gasteiger partial charge in [-0.1, -0.05) is 29.8 Å². The zero-order valence-electron chi connectivity index (χ0n) is 10.9. The van der Waals surface area contributed by atoms with Crippen molar-refractivity contribution >= 4 is 11.9 Å². The third-order valence-electron chi connectivity index (χ3n) is 3.28. The molecule has 2 N–H and O–H groups in total. The summed E-state index contributed by atoms with van der Waals surface area (Å²) in [7, 11) is 0. The molecule has 0 saturated carbocycles. The van der Waals surface area contributed by atoms with Gasteiger partial charge >= 0.3 is 5.97 Å². The van der Waals surface area contributed by atoms with Gasteiger partial charge in [0.05, 0.1) is 12.5 Å². The van der Waals surface area contributed by atoms with Gasteiger partial charge in [-0.05, 0) is 12.5 Å². The highest BCUT2D eigenvalue weighted by Crippen LogP contribution is 2.14. The van der Waals surface area contributed by atoms with Gasteiger partial charge in [0.15, 0.2) is 0 Å². The van der Waals surface area contributed by atoms with Crippen LogP contribution in [-0.2, 0) is 16.1 Å². The highest BCUT2D eigenvalue weighted by atomic mass is 16.4. The van der Waals surface area contributed by atoms with Crippen LogP contribution in [0.1, 0.15) is 11.1 Å². The third kappa shape index (κ3) is 3.79. The predicted octanol–water partition coefficient (Wildman–Crippen LogP) is 0.628. The third-order valence-corrected chi connectivity index (χ3v) is 3.28. The van der Waals surface area contributed by atoms with Crippen molar-refractivity contribution in [3.63, 3.8) is 0 Å². The Bertz CT molecular complexity index is 464. The molecule has 0 aliphatic carbocycles. The molecule has 0 atom stereocenters. The Labute approximate surface area is 112 Å². The second kappa shape index (κ2) is 5.84. The molecule has 1 saturated heterocycles. The van der Waals surface area contributed by atoms with Crippen molar-refractivity contribution in [1.82, 2.24) is 10.2 Å². The first-order valence-corrected chi connectivity index (χ1v) is 6.32. The molecular formula is C14H18N2O3. The highest BCUT2D eigenvalue weighted by Gasteiger charge is 2.33. The molecule has 1 aromatic rings. The van der Waals surface area contributed by atoms with Crippen LogP contribution >= 0.6 is 0 Å². The van der Waals surface area contributed by atoms with Gasteiger partial charge in [-0.25, -0.2) is 0 Å². The van der Waals surface area contributed by atoms with Crippen LogP contribution < -0.4 is 5.32 Å². The fourth-order valence-electron chi connectivity index (χ4n) is 2.02.